The Hall–Kier alpha value is -1.88. The number of amides is 2. The number of carbonyl (C=O) groups is 2. The molecule has 0 atom stereocenters. The van der Waals surface area contributed by atoms with E-state index in [-0.39, 0.29) is 25.0 Å². The molecular formula is C16H24N2O3. The molecule has 0 aromatic heterocycles. The number of hydrogen-bond acceptors (Lipinski definition) is 3. The first-order chi connectivity index (χ1) is 9.98. The number of nitrogens with zero attached hydrogens (tertiary/aromatic N) is 1. The van der Waals surface area contributed by atoms with Gasteiger partial charge in [0.15, 0.2) is 0 Å². The second kappa shape index (κ2) is 7.78. The van der Waals surface area contributed by atoms with Crippen LogP contribution in [0.4, 0.5) is 0 Å². The smallest absolute Gasteiger partial charge is 0.254 e. The molecule has 1 rings (SSSR count). The van der Waals surface area contributed by atoms with Gasteiger partial charge in [-0.1, -0.05) is 32.0 Å². The predicted octanol–water partition coefficient (Wildman–Crippen LogP) is 1.43. The molecule has 21 heavy (non-hydrogen) atoms. The van der Waals surface area contributed by atoms with Gasteiger partial charge in [0.25, 0.3) is 5.91 Å². The second-order valence-corrected chi connectivity index (χ2v) is 5.22. The quantitative estimate of drug-likeness (QED) is 0.798. The molecule has 0 aliphatic heterocycles. The van der Waals surface area contributed by atoms with Crippen molar-refractivity contribution in [3.63, 3.8) is 0 Å². The van der Waals surface area contributed by atoms with Crippen molar-refractivity contribution in [1.29, 1.82) is 0 Å². The topological polar surface area (TPSA) is 69.6 Å². The van der Waals surface area contributed by atoms with Gasteiger partial charge in [-0.3, -0.25) is 9.59 Å². The number of likely N-dealkylation sites (N-methyl/N-ethyl adjacent to an activating group) is 1. The Morgan fingerprint density at radius 1 is 1.19 bits per heavy atom. The molecule has 1 aromatic carbocycles. The monoisotopic (exact) mass is 292 g/mol. The van der Waals surface area contributed by atoms with Crippen LogP contribution in [0.3, 0.4) is 0 Å². The third-order valence-electron chi connectivity index (χ3n) is 3.81. The van der Waals surface area contributed by atoms with Crippen molar-refractivity contribution in [2.45, 2.75) is 32.2 Å². The predicted molar refractivity (Wildman–Crippen MR) is 81.9 cm³/mol. The van der Waals surface area contributed by atoms with Crippen molar-refractivity contribution >= 4 is 11.8 Å². The van der Waals surface area contributed by atoms with Crippen LogP contribution >= 0.6 is 0 Å². The number of benzene rings is 1. The third-order valence-corrected chi connectivity index (χ3v) is 3.81. The number of aliphatic hydroxyl groups excluding tert-OH is 1. The van der Waals surface area contributed by atoms with Gasteiger partial charge in [-0.2, -0.15) is 0 Å². The summed E-state index contributed by atoms with van der Waals surface area (Å²) < 4.78 is 0. The number of hydrogen-bond donors (Lipinski definition) is 2. The summed E-state index contributed by atoms with van der Waals surface area (Å²) in [5.74, 6) is -0.465. The van der Waals surface area contributed by atoms with Crippen molar-refractivity contribution in [2.24, 2.45) is 0 Å². The Balaban J connectivity index is 2.64. The molecule has 116 valence electrons. The SMILES string of the molecule is CCC(CC)(CO)NC(=O)CN(C)C(=O)c1ccccc1. The lowest BCUT2D eigenvalue weighted by Crippen LogP contribution is -2.53. The first-order valence-electron chi connectivity index (χ1n) is 7.20. The van der Waals surface area contributed by atoms with Gasteiger partial charge in [0.05, 0.1) is 18.7 Å². The van der Waals surface area contributed by atoms with Gasteiger partial charge in [-0.05, 0) is 25.0 Å². The number of nitrogens with one attached hydrogen (secondary N) is 1. The van der Waals surface area contributed by atoms with E-state index in [1.54, 1.807) is 31.3 Å². The van der Waals surface area contributed by atoms with Gasteiger partial charge in [0.2, 0.25) is 5.91 Å². The summed E-state index contributed by atoms with van der Waals surface area (Å²) in [5, 5.41) is 12.3. The Morgan fingerprint density at radius 2 is 1.76 bits per heavy atom. The Bertz CT molecular complexity index is 461. The average Bonchev–Trinajstić information content (AvgIpc) is 2.52. The average molecular weight is 292 g/mol. The summed E-state index contributed by atoms with van der Waals surface area (Å²) in [4.78, 5) is 25.6. The third kappa shape index (κ3) is 4.56. The zero-order valence-corrected chi connectivity index (χ0v) is 12.9. The highest BCUT2D eigenvalue weighted by atomic mass is 16.3. The fraction of sp³-hybridized carbons (Fsp3) is 0.500. The summed E-state index contributed by atoms with van der Waals surface area (Å²) in [6.45, 7) is 3.69. The van der Waals surface area contributed by atoms with Crippen LogP contribution in [-0.2, 0) is 4.79 Å². The van der Waals surface area contributed by atoms with Crippen LogP contribution in [0, 0.1) is 0 Å². The number of aliphatic hydroxyl groups is 1. The first-order valence-corrected chi connectivity index (χ1v) is 7.20. The maximum atomic E-state index is 12.2. The highest BCUT2D eigenvalue weighted by Gasteiger charge is 2.27. The Labute approximate surface area is 126 Å². The van der Waals surface area contributed by atoms with E-state index in [4.69, 9.17) is 0 Å². The van der Waals surface area contributed by atoms with Gasteiger partial charge >= 0.3 is 0 Å². The van der Waals surface area contributed by atoms with Crippen molar-refractivity contribution in [1.82, 2.24) is 10.2 Å². The molecule has 0 bridgehead atoms. The van der Waals surface area contributed by atoms with E-state index < -0.39 is 5.54 Å². The molecule has 1 aromatic rings. The molecule has 5 nitrogen and oxygen atoms in total. The normalized spacial score (nSPS) is 11.0. The van der Waals surface area contributed by atoms with Gasteiger partial charge < -0.3 is 15.3 Å². The zero-order chi connectivity index (χ0) is 15.9. The minimum Gasteiger partial charge on any atom is -0.394 e. The van der Waals surface area contributed by atoms with E-state index in [1.807, 2.05) is 19.9 Å². The van der Waals surface area contributed by atoms with E-state index in [0.717, 1.165) is 0 Å². The van der Waals surface area contributed by atoms with Crippen LogP contribution < -0.4 is 5.32 Å². The van der Waals surface area contributed by atoms with Crippen molar-refractivity contribution < 1.29 is 14.7 Å². The van der Waals surface area contributed by atoms with Crippen LogP contribution in [0.5, 0.6) is 0 Å². The van der Waals surface area contributed by atoms with E-state index in [2.05, 4.69) is 5.32 Å². The molecule has 0 radical (unpaired) electrons. The van der Waals surface area contributed by atoms with Crippen LogP contribution in [0.25, 0.3) is 0 Å². The van der Waals surface area contributed by atoms with E-state index in [1.165, 1.54) is 4.90 Å². The highest BCUT2D eigenvalue weighted by molar-refractivity contribution is 5.96. The van der Waals surface area contributed by atoms with Gasteiger partial charge in [0.1, 0.15) is 0 Å². The minimum absolute atomic E-state index is 0.0323. The van der Waals surface area contributed by atoms with Gasteiger partial charge in [-0.15, -0.1) is 0 Å². The molecule has 2 amide bonds. The lowest BCUT2D eigenvalue weighted by atomic mass is 9.94. The van der Waals surface area contributed by atoms with E-state index in [9.17, 15) is 14.7 Å². The zero-order valence-electron chi connectivity index (χ0n) is 12.9. The fourth-order valence-corrected chi connectivity index (χ4v) is 2.11. The van der Waals surface area contributed by atoms with Crippen LogP contribution in [0.1, 0.15) is 37.0 Å². The Morgan fingerprint density at radius 3 is 2.24 bits per heavy atom. The molecular weight excluding hydrogens is 268 g/mol. The molecule has 0 saturated carbocycles. The number of carbonyl (C=O) groups excluding carboxylic acids is 2. The largest absolute Gasteiger partial charge is 0.394 e. The van der Waals surface area contributed by atoms with Gasteiger partial charge in [-0.25, -0.2) is 0 Å². The minimum atomic E-state index is -0.603. The molecule has 0 fully saturated rings. The lowest BCUT2D eigenvalue weighted by Gasteiger charge is -2.31. The summed E-state index contributed by atoms with van der Waals surface area (Å²) >= 11 is 0. The maximum Gasteiger partial charge on any atom is 0.254 e. The van der Waals surface area contributed by atoms with Crippen LogP contribution in [0.2, 0.25) is 0 Å². The van der Waals surface area contributed by atoms with Gasteiger partial charge in [0, 0.05) is 12.6 Å². The summed E-state index contributed by atoms with van der Waals surface area (Å²) in [6, 6.07) is 8.83. The second-order valence-electron chi connectivity index (χ2n) is 5.22. The molecule has 2 N–H and O–H groups in total. The fourth-order valence-electron chi connectivity index (χ4n) is 2.11. The molecule has 0 heterocycles. The summed E-state index contributed by atoms with van der Waals surface area (Å²) in [6.07, 6.45) is 1.28. The number of rotatable bonds is 7. The molecule has 5 heteroatoms. The Kier molecular flexibility index (Phi) is 6.37. The molecule has 0 saturated heterocycles. The summed E-state index contributed by atoms with van der Waals surface area (Å²) in [7, 11) is 1.59. The molecule has 0 spiro atoms. The van der Waals surface area contributed by atoms with Crippen molar-refractivity contribution in [2.75, 3.05) is 20.2 Å². The standard InChI is InChI=1S/C16H24N2O3/c1-4-16(5-2,12-19)17-14(20)11-18(3)15(21)13-9-7-6-8-10-13/h6-10,19H,4-5,11-12H2,1-3H3,(H,17,20). The lowest BCUT2D eigenvalue weighted by molar-refractivity contribution is -0.124. The molecule has 0 unspecified atom stereocenters. The van der Waals surface area contributed by atoms with Crippen molar-refractivity contribution in [3.8, 4) is 0 Å². The molecule has 0 aliphatic carbocycles. The first kappa shape index (κ1) is 17.2. The highest BCUT2D eigenvalue weighted by Crippen LogP contribution is 2.14. The van der Waals surface area contributed by atoms with E-state index in [0.29, 0.717) is 18.4 Å². The van der Waals surface area contributed by atoms with E-state index >= 15 is 0 Å². The van der Waals surface area contributed by atoms with Crippen LogP contribution in [0.15, 0.2) is 30.3 Å². The maximum absolute atomic E-state index is 12.2. The van der Waals surface area contributed by atoms with Crippen molar-refractivity contribution in [3.05, 3.63) is 35.9 Å². The van der Waals surface area contributed by atoms with Crippen LogP contribution in [-0.4, -0.2) is 47.6 Å². The molecule has 0 aliphatic rings. The summed E-state index contributed by atoms with van der Waals surface area (Å²) in [5.41, 5.74) is -0.0551.